The van der Waals surface area contributed by atoms with Crippen molar-refractivity contribution in [2.24, 2.45) is 13.0 Å². The molecule has 0 saturated heterocycles. The van der Waals surface area contributed by atoms with Gasteiger partial charge in [-0.15, -0.1) is 0 Å². The van der Waals surface area contributed by atoms with Crippen molar-refractivity contribution < 1.29 is 9.53 Å². The third-order valence-electron chi connectivity index (χ3n) is 5.23. The Morgan fingerprint density at radius 1 is 1.14 bits per heavy atom. The van der Waals surface area contributed by atoms with Gasteiger partial charge in [0.1, 0.15) is 5.65 Å². The van der Waals surface area contributed by atoms with Gasteiger partial charge in [0.15, 0.2) is 5.75 Å². The average molecular weight is 392 g/mol. The van der Waals surface area contributed by atoms with Crippen molar-refractivity contribution in [3.63, 3.8) is 0 Å². The van der Waals surface area contributed by atoms with Gasteiger partial charge in [-0.3, -0.25) is 14.2 Å². The maximum atomic E-state index is 13.5. The molecule has 0 unspecified atom stereocenters. The molecular formula is C24H28N2O3. The fraction of sp³-hybridized carbons (Fsp3) is 0.375. The summed E-state index contributed by atoms with van der Waals surface area (Å²) in [7, 11) is 1.71. The number of aromatic nitrogens is 2. The van der Waals surface area contributed by atoms with Crippen molar-refractivity contribution in [3.8, 4) is 16.9 Å². The molecule has 0 spiro atoms. The van der Waals surface area contributed by atoms with Crippen molar-refractivity contribution in [3.05, 3.63) is 57.5 Å². The Bertz CT molecular complexity index is 1120. The van der Waals surface area contributed by atoms with E-state index in [0.29, 0.717) is 22.3 Å². The minimum absolute atomic E-state index is 0.212. The second-order valence-corrected chi connectivity index (χ2v) is 7.68. The van der Waals surface area contributed by atoms with Crippen LogP contribution in [-0.2, 0) is 24.7 Å². The van der Waals surface area contributed by atoms with Gasteiger partial charge in [-0.2, -0.15) is 0 Å². The highest BCUT2D eigenvalue weighted by molar-refractivity contribution is 5.94. The quantitative estimate of drug-likeness (QED) is 0.596. The molecule has 0 aliphatic heterocycles. The van der Waals surface area contributed by atoms with Crippen LogP contribution in [0.3, 0.4) is 0 Å². The van der Waals surface area contributed by atoms with Crippen molar-refractivity contribution in [1.29, 1.82) is 0 Å². The lowest BCUT2D eigenvalue weighted by Crippen LogP contribution is -2.24. The SMILES string of the molecule is CCc1cc(C)cc(CC)c1-c1c(OC(=O)C(C)C)c2cccnc2n(C)c1=O. The van der Waals surface area contributed by atoms with Gasteiger partial charge < -0.3 is 4.74 Å². The Labute approximate surface area is 171 Å². The number of rotatable bonds is 5. The third kappa shape index (κ3) is 3.69. The van der Waals surface area contributed by atoms with Crippen LogP contribution in [0, 0.1) is 12.8 Å². The molecule has 0 N–H and O–H groups in total. The second-order valence-electron chi connectivity index (χ2n) is 7.68. The molecule has 0 aliphatic rings. The third-order valence-corrected chi connectivity index (χ3v) is 5.23. The lowest BCUT2D eigenvalue weighted by Gasteiger charge is -2.20. The normalized spacial score (nSPS) is 11.3. The zero-order valence-corrected chi connectivity index (χ0v) is 18.0. The summed E-state index contributed by atoms with van der Waals surface area (Å²) in [5.74, 6) is -0.371. The van der Waals surface area contributed by atoms with Crippen LogP contribution >= 0.6 is 0 Å². The van der Waals surface area contributed by atoms with Crippen molar-refractivity contribution in [2.75, 3.05) is 0 Å². The van der Waals surface area contributed by atoms with Crippen molar-refractivity contribution >= 4 is 17.0 Å². The van der Waals surface area contributed by atoms with Gasteiger partial charge in [-0.25, -0.2) is 4.98 Å². The Hall–Kier alpha value is -2.95. The molecule has 0 radical (unpaired) electrons. The molecule has 2 heterocycles. The van der Waals surface area contributed by atoms with Gasteiger partial charge >= 0.3 is 5.97 Å². The summed E-state index contributed by atoms with van der Waals surface area (Å²) in [5, 5.41) is 0.656. The predicted molar refractivity (Wildman–Crippen MR) is 116 cm³/mol. The first-order valence-corrected chi connectivity index (χ1v) is 10.1. The maximum absolute atomic E-state index is 13.5. The average Bonchev–Trinajstić information content (AvgIpc) is 2.71. The van der Waals surface area contributed by atoms with Crippen LogP contribution in [0.1, 0.15) is 44.4 Å². The zero-order chi connectivity index (χ0) is 21.3. The fourth-order valence-electron chi connectivity index (χ4n) is 3.70. The Morgan fingerprint density at radius 2 is 1.76 bits per heavy atom. The smallest absolute Gasteiger partial charge is 0.313 e. The van der Waals surface area contributed by atoms with Crippen LogP contribution in [0.25, 0.3) is 22.2 Å². The Balaban J connectivity index is 2.50. The molecule has 5 nitrogen and oxygen atoms in total. The molecule has 0 fully saturated rings. The van der Waals surface area contributed by atoms with Gasteiger partial charge in [0.25, 0.3) is 5.56 Å². The number of esters is 1. The lowest BCUT2D eigenvalue weighted by atomic mass is 9.89. The van der Waals surface area contributed by atoms with E-state index in [1.165, 1.54) is 4.57 Å². The van der Waals surface area contributed by atoms with E-state index in [1.807, 2.05) is 6.07 Å². The summed E-state index contributed by atoms with van der Waals surface area (Å²) in [6.45, 7) is 9.77. The van der Waals surface area contributed by atoms with Gasteiger partial charge in [0.2, 0.25) is 0 Å². The minimum atomic E-state index is -0.368. The number of nitrogens with zero attached hydrogens (tertiary/aromatic N) is 2. The molecule has 1 aromatic carbocycles. The Kier molecular flexibility index (Phi) is 5.87. The van der Waals surface area contributed by atoms with Gasteiger partial charge in [0, 0.05) is 13.2 Å². The minimum Gasteiger partial charge on any atom is -0.425 e. The first kappa shape index (κ1) is 20.8. The zero-order valence-electron chi connectivity index (χ0n) is 18.0. The van der Waals surface area contributed by atoms with Crippen LogP contribution in [0.15, 0.2) is 35.3 Å². The topological polar surface area (TPSA) is 61.2 Å². The van der Waals surface area contributed by atoms with E-state index in [-0.39, 0.29) is 17.4 Å². The molecule has 152 valence electrons. The van der Waals surface area contributed by atoms with E-state index in [4.69, 9.17) is 4.74 Å². The number of fused-ring (bicyclic) bond motifs is 1. The van der Waals surface area contributed by atoms with Crippen LogP contribution < -0.4 is 10.3 Å². The monoisotopic (exact) mass is 392 g/mol. The molecule has 0 bridgehead atoms. The summed E-state index contributed by atoms with van der Waals surface area (Å²) in [4.78, 5) is 30.4. The molecule has 2 aromatic heterocycles. The van der Waals surface area contributed by atoms with Crippen molar-refractivity contribution in [1.82, 2.24) is 9.55 Å². The van der Waals surface area contributed by atoms with E-state index in [1.54, 1.807) is 33.2 Å². The number of pyridine rings is 2. The molecule has 3 aromatic rings. The highest BCUT2D eigenvalue weighted by Crippen LogP contribution is 2.38. The fourth-order valence-corrected chi connectivity index (χ4v) is 3.70. The highest BCUT2D eigenvalue weighted by Gasteiger charge is 2.25. The van der Waals surface area contributed by atoms with Gasteiger partial charge in [0.05, 0.1) is 16.9 Å². The van der Waals surface area contributed by atoms with Crippen LogP contribution in [0.4, 0.5) is 0 Å². The van der Waals surface area contributed by atoms with E-state index in [0.717, 1.165) is 35.1 Å². The molecule has 0 atom stereocenters. The van der Waals surface area contributed by atoms with Crippen LogP contribution in [0.5, 0.6) is 5.75 Å². The standard InChI is InChI=1S/C24H28N2O3/c1-7-16-12-15(5)13-17(8-2)19(16)20-21(29-24(28)14(3)4)18-10-9-11-25-22(18)26(6)23(20)27/h9-14H,7-8H2,1-6H3. The summed E-state index contributed by atoms with van der Waals surface area (Å²) < 4.78 is 7.39. The number of aryl methyl sites for hydroxylation is 4. The van der Waals surface area contributed by atoms with Gasteiger partial charge in [-0.05, 0) is 48.6 Å². The van der Waals surface area contributed by atoms with E-state index >= 15 is 0 Å². The molecule has 0 saturated carbocycles. The number of benzene rings is 1. The first-order chi connectivity index (χ1) is 13.8. The summed E-state index contributed by atoms with van der Waals surface area (Å²) in [6, 6.07) is 7.85. The van der Waals surface area contributed by atoms with E-state index in [9.17, 15) is 9.59 Å². The number of hydrogen-bond donors (Lipinski definition) is 0. The van der Waals surface area contributed by atoms with Gasteiger partial charge in [-0.1, -0.05) is 45.4 Å². The summed E-state index contributed by atoms with van der Waals surface area (Å²) in [6.07, 6.45) is 3.18. The van der Waals surface area contributed by atoms with E-state index in [2.05, 4.69) is 37.9 Å². The molecule has 0 aliphatic carbocycles. The Morgan fingerprint density at radius 3 is 2.31 bits per heavy atom. The predicted octanol–water partition coefficient (Wildman–Crippen LogP) is 4.60. The molecule has 29 heavy (non-hydrogen) atoms. The molecule has 0 amide bonds. The lowest BCUT2D eigenvalue weighted by molar-refractivity contribution is -0.137. The highest BCUT2D eigenvalue weighted by atomic mass is 16.5. The summed E-state index contributed by atoms with van der Waals surface area (Å²) >= 11 is 0. The maximum Gasteiger partial charge on any atom is 0.313 e. The molecule has 5 heteroatoms. The number of ether oxygens (including phenoxy) is 1. The molecule has 3 rings (SSSR count). The first-order valence-electron chi connectivity index (χ1n) is 10.1. The number of carbonyl (C=O) groups is 1. The second kappa shape index (κ2) is 8.19. The van der Waals surface area contributed by atoms with Crippen LogP contribution in [0.2, 0.25) is 0 Å². The van der Waals surface area contributed by atoms with E-state index < -0.39 is 0 Å². The molecular weight excluding hydrogens is 364 g/mol. The van der Waals surface area contributed by atoms with Crippen molar-refractivity contribution in [2.45, 2.75) is 47.5 Å². The number of hydrogen-bond acceptors (Lipinski definition) is 4. The largest absolute Gasteiger partial charge is 0.425 e. The van der Waals surface area contributed by atoms with Crippen LogP contribution in [-0.4, -0.2) is 15.5 Å². The number of carbonyl (C=O) groups excluding carboxylic acids is 1. The summed E-state index contributed by atoms with van der Waals surface area (Å²) in [5.41, 5.74) is 4.90.